The number of esters is 1. The fraction of sp³-hybridized carbons (Fsp3) is 0.320. The Morgan fingerprint density at radius 3 is 2.74 bits per heavy atom. The second kappa shape index (κ2) is 9.05. The van der Waals surface area contributed by atoms with Crippen LogP contribution in [0, 0.1) is 6.92 Å². The zero-order chi connectivity index (χ0) is 23.9. The van der Waals surface area contributed by atoms with Crippen molar-refractivity contribution in [3.05, 3.63) is 75.2 Å². The van der Waals surface area contributed by atoms with E-state index < -0.39 is 16.0 Å². The molecular formula is C25H26N2O5S2. The van der Waals surface area contributed by atoms with Crippen molar-refractivity contribution in [2.45, 2.75) is 37.1 Å². The van der Waals surface area contributed by atoms with Crippen LogP contribution in [-0.2, 0) is 40.7 Å². The number of carbonyl (C=O) groups is 1. The van der Waals surface area contributed by atoms with E-state index in [1.165, 1.54) is 18.2 Å². The minimum atomic E-state index is -3.95. The Balaban J connectivity index is 1.42. The van der Waals surface area contributed by atoms with Gasteiger partial charge < -0.3 is 9.47 Å². The zero-order valence-electron chi connectivity index (χ0n) is 19.1. The molecule has 0 amide bonds. The monoisotopic (exact) mass is 498 g/mol. The molecular weight excluding hydrogens is 472 g/mol. The molecule has 2 aliphatic rings. The Kier molecular flexibility index (Phi) is 6.09. The fourth-order valence-electron chi connectivity index (χ4n) is 4.48. The topological polar surface area (TPSA) is 84.9 Å². The van der Waals surface area contributed by atoms with Gasteiger partial charge in [0.2, 0.25) is 0 Å². The summed E-state index contributed by atoms with van der Waals surface area (Å²) in [5.41, 5.74) is 4.85. The van der Waals surface area contributed by atoms with E-state index in [0.717, 1.165) is 59.2 Å². The molecule has 3 heterocycles. The van der Waals surface area contributed by atoms with E-state index in [1.807, 2.05) is 25.1 Å². The summed E-state index contributed by atoms with van der Waals surface area (Å²) in [6.07, 6.45) is 1.51. The summed E-state index contributed by atoms with van der Waals surface area (Å²) in [7, 11) is -2.67. The van der Waals surface area contributed by atoms with E-state index in [-0.39, 0.29) is 9.77 Å². The standard InChI is InChI=1S/C25H26N2O5S2/c1-16-3-6-19(7-4-16)26-34(29,30)25-23(24(28)31-2)20-9-11-27(15-22(20)33-25)14-17-5-8-21-18(13-17)10-12-32-21/h3-8,13,26H,9-12,14-15H2,1-2H3. The predicted molar refractivity (Wildman–Crippen MR) is 131 cm³/mol. The summed E-state index contributed by atoms with van der Waals surface area (Å²) >= 11 is 1.16. The molecule has 5 rings (SSSR count). The second-order valence-corrected chi connectivity index (χ2v) is 11.6. The summed E-state index contributed by atoms with van der Waals surface area (Å²) in [5.74, 6) is 0.343. The number of hydrogen-bond acceptors (Lipinski definition) is 7. The van der Waals surface area contributed by atoms with Gasteiger partial charge in [0.05, 0.1) is 19.3 Å². The summed E-state index contributed by atoms with van der Waals surface area (Å²) in [6, 6.07) is 13.4. The fourth-order valence-corrected chi connectivity index (χ4v) is 7.47. The Morgan fingerprint density at radius 1 is 1.18 bits per heavy atom. The van der Waals surface area contributed by atoms with Crippen molar-refractivity contribution in [2.75, 3.05) is 25.0 Å². The van der Waals surface area contributed by atoms with Gasteiger partial charge in [-0.15, -0.1) is 11.3 Å². The number of aryl methyl sites for hydroxylation is 1. The molecule has 34 heavy (non-hydrogen) atoms. The lowest BCUT2D eigenvalue weighted by molar-refractivity contribution is 0.0595. The smallest absolute Gasteiger partial charge is 0.340 e. The van der Waals surface area contributed by atoms with Crippen molar-refractivity contribution < 1.29 is 22.7 Å². The number of carbonyl (C=O) groups excluding carboxylic acids is 1. The van der Waals surface area contributed by atoms with Gasteiger partial charge in [-0.2, -0.15) is 0 Å². The first-order valence-corrected chi connectivity index (χ1v) is 13.4. The minimum absolute atomic E-state index is 0.0152. The molecule has 0 radical (unpaired) electrons. The van der Waals surface area contributed by atoms with E-state index >= 15 is 0 Å². The van der Waals surface area contributed by atoms with Gasteiger partial charge in [0.25, 0.3) is 10.0 Å². The number of benzene rings is 2. The summed E-state index contributed by atoms with van der Waals surface area (Å²) in [5, 5.41) is 0. The Labute approximate surface area is 203 Å². The van der Waals surface area contributed by atoms with Crippen LogP contribution in [0.5, 0.6) is 5.75 Å². The van der Waals surface area contributed by atoms with Crippen LogP contribution in [0.2, 0.25) is 0 Å². The van der Waals surface area contributed by atoms with Crippen molar-refractivity contribution in [1.29, 1.82) is 0 Å². The molecule has 3 aromatic rings. The van der Waals surface area contributed by atoms with E-state index in [1.54, 1.807) is 12.1 Å². The predicted octanol–water partition coefficient (Wildman–Crippen LogP) is 4.14. The lowest BCUT2D eigenvalue weighted by Gasteiger charge is -2.27. The van der Waals surface area contributed by atoms with Gasteiger partial charge in [0.15, 0.2) is 4.21 Å². The molecule has 0 bridgehead atoms. The third-order valence-electron chi connectivity index (χ3n) is 6.20. The Morgan fingerprint density at radius 2 is 1.97 bits per heavy atom. The highest BCUT2D eigenvalue weighted by atomic mass is 32.2. The number of methoxy groups -OCH3 is 1. The van der Waals surface area contributed by atoms with Gasteiger partial charge in [0, 0.05) is 36.6 Å². The van der Waals surface area contributed by atoms with Crippen LogP contribution < -0.4 is 9.46 Å². The summed E-state index contributed by atoms with van der Waals surface area (Å²) < 4.78 is 39.8. The Hall–Kier alpha value is -2.88. The maximum Gasteiger partial charge on any atom is 0.340 e. The molecule has 1 N–H and O–H groups in total. The molecule has 0 fully saturated rings. The SMILES string of the molecule is COC(=O)c1c(S(=O)(=O)Nc2ccc(C)cc2)sc2c1CCN(Cc1ccc3c(c1)CCO3)C2. The largest absolute Gasteiger partial charge is 0.493 e. The average Bonchev–Trinajstić information content (AvgIpc) is 3.44. The van der Waals surface area contributed by atoms with E-state index in [2.05, 4.69) is 21.8 Å². The van der Waals surface area contributed by atoms with Gasteiger partial charge in [0.1, 0.15) is 5.75 Å². The molecule has 0 spiro atoms. The third kappa shape index (κ3) is 4.43. The van der Waals surface area contributed by atoms with Crippen LogP contribution in [0.4, 0.5) is 5.69 Å². The maximum absolute atomic E-state index is 13.3. The molecule has 1 aromatic heterocycles. The zero-order valence-corrected chi connectivity index (χ0v) is 20.7. The first kappa shape index (κ1) is 22.9. The molecule has 178 valence electrons. The first-order valence-electron chi connectivity index (χ1n) is 11.1. The van der Waals surface area contributed by atoms with Crippen LogP contribution >= 0.6 is 11.3 Å². The van der Waals surface area contributed by atoms with Crippen molar-refractivity contribution in [3.8, 4) is 5.75 Å². The molecule has 2 aromatic carbocycles. The molecule has 7 nitrogen and oxygen atoms in total. The summed E-state index contributed by atoms with van der Waals surface area (Å²) in [4.78, 5) is 15.8. The number of fused-ring (bicyclic) bond motifs is 2. The number of nitrogens with one attached hydrogen (secondary N) is 1. The van der Waals surface area contributed by atoms with Crippen molar-refractivity contribution in [3.63, 3.8) is 0 Å². The van der Waals surface area contributed by atoms with E-state index in [9.17, 15) is 13.2 Å². The highest BCUT2D eigenvalue weighted by Crippen LogP contribution is 2.38. The molecule has 0 saturated carbocycles. The summed E-state index contributed by atoms with van der Waals surface area (Å²) in [6.45, 7) is 4.72. The van der Waals surface area contributed by atoms with E-state index in [4.69, 9.17) is 9.47 Å². The molecule has 2 aliphatic heterocycles. The number of sulfonamides is 1. The van der Waals surface area contributed by atoms with Gasteiger partial charge in [-0.25, -0.2) is 13.2 Å². The number of anilines is 1. The van der Waals surface area contributed by atoms with Gasteiger partial charge >= 0.3 is 5.97 Å². The number of ether oxygens (including phenoxy) is 2. The molecule has 0 aliphatic carbocycles. The molecule has 0 atom stereocenters. The van der Waals surface area contributed by atoms with E-state index in [0.29, 0.717) is 18.7 Å². The maximum atomic E-state index is 13.3. The molecule has 0 unspecified atom stereocenters. The Bertz CT molecular complexity index is 1350. The number of nitrogens with zero attached hydrogens (tertiary/aromatic N) is 1. The lowest BCUT2D eigenvalue weighted by Crippen LogP contribution is -2.30. The van der Waals surface area contributed by atoms with Gasteiger partial charge in [-0.05, 0) is 48.2 Å². The van der Waals surface area contributed by atoms with Gasteiger partial charge in [-0.1, -0.05) is 29.8 Å². The van der Waals surface area contributed by atoms with Gasteiger partial charge in [-0.3, -0.25) is 9.62 Å². The second-order valence-electron chi connectivity index (χ2n) is 8.63. The van der Waals surface area contributed by atoms with Crippen LogP contribution in [-0.4, -0.2) is 39.5 Å². The quantitative estimate of drug-likeness (QED) is 0.515. The normalized spacial score (nSPS) is 15.4. The molecule has 9 heteroatoms. The molecule has 0 saturated heterocycles. The van der Waals surface area contributed by atoms with Crippen LogP contribution in [0.3, 0.4) is 0 Å². The lowest BCUT2D eigenvalue weighted by atomic mass is 10.0. The third-order valence-corrected chi connectivity index (χ3v) is 9.32. The van der Waals surface area contributed by atoms with Crippen LogP contribution in [0.25, 0.3) is 0 Å². The van der Waals surface area contributed by atoms with Crippen molar-refractivity contribution in [2.24, 2.45) is 0 Å². The van der Waals surface area contributed by atoms with Crippen LogP contribution in [0.15, 0.2) is 46.7 Å². The number of thiophene rings is 1. The number of rotatable bonds is 6. The van der Waals surface area contributed by atoms with Crippen molar-refractivity contribution >= 4 is 33.0 Å². The van der Waals surface area contributed by atoms with Crippen LogP contribution in [0.1, 0.15) is 37.5 Å². The average molecular weight is 499 g/mol. The highest BCUT2D eigenvalue weighted by molar-refractivity contribution is 7.94. The minimum Gasteiger partial charge on any atom is -0.493 e. The number of hydrogen-bond donors (Lipinski definition) is 1. The highest BCUT2D eigenvalue weighted by Gasteiger charge is 2.34. The van der Waals surface area contributed by atoms with Crippen molar-refractivity contribution in [1.82, 2.24) is 4.90 Å². The first-order chi connectivity index (χ1) is 16.3.